The number of rotatable bonds is 5. The quantitative estimate of drug-likeness (QED) is 0.448. The molecule has 0 saturated carbocycles. The van der Waals surface area contributed by atoms with Gasteiger partial charge in [-0.1, -0.05) is 42.1 Å². The number of benzene rings is 2. The molecular weight excluding hydrogens is 367 g/mol. The minimum Gasteiger partial charge on any atom is -0.457 e. The predicted octanol–water partition coefficient (Wildman–Crippen LogP) is 3.46. The summed E-state index contributed by atoms with van der Waals surface area (Å²) in [5.41, 5.74) is 1.02. The molecule has 0 aliphatic carbocycles. The lowest BCUT2D eigenvalue weighted by Crippen LogP contribution is -2.20. The van der Waals surface area contributed by atoms with Gasteiger partial charge in [0.25, 0.3) is 0 Å². The summed E-state index contributed by atoms with van der Waals surface area (Å²) in [4.78, 5) is 27.0. The van der Waals surface area contributed by atoms with Crippen LogP contribution in [-0.2, 0) is 20.7 Å². The molecule has 2 aromatic rings. The average molecular weight is 382 g/mol. The molecule has 5 nitrogen and oxygen atoms in total. The van der Waals surface area contributed by atoms with E-state index in [1.165, 1.54) is 30.0 Å². The summed E-state index contributed by atoms with van der Waals surface area (Å²) < 4.78 is 18.5. The molecule has 0 aromatic heterocycles. The van der Waals surface area contributed by atoms with Gasteiger partial charge in [0, 0.05) is 11.9 Å². The predicted molar refractivity (Wildman–Crippen MR) is 99.4 cm³/mol. The van der Waals surface area contributed by atoms with E-state index in [1.807, 2.05) is 30.3 Å². The van der Waals surface area contributed by atoms with Crippen molar-refractivity contribution >= 4 is 29.2 Å². The number of nitriles is 1. The first-order chi connectivity index (χ1) is 13.0. The maximum atomic E-state index is 13.6. The Bertz CT molecular complexity index is 981. The van der Waals surface area contributed by atoms with Crippen molar-refractivity contribution in [2.24, 2.45) is 0 Å². The van der Waals surface area contributed by atoms with Crippen molar-refractivity contribution in [1.82, 2.24) is 0 Å². The molecule has 1 aliphatic heterocycles. The zero-order valence-corrected chi connectivity index (χ0v) is 15.3. The van der Waals surface area contributed by atoms with Gasteiger partial charge in [-0.3, -0.25) is 9.59 Å². The number of ether oxygens (including phenoxy) is 1. The second kappa shape index (κ2) is 8.06. The third-order valence-electron chi connectivity index (χ3n) is 4.00. The Hall–Kier alpha value is -3.11. The molecule has 0 fully saturated rings. The second-order valence-corrected chi connectivity index (χ2v) is 6.80. The highest BCUT2D eigenvalue weighted by molar-refractivity contribution is 8.03. The number of halogens is 1. The number of anilines is 1. The number of nitrogens with zero attached hydrogens (tertiary/aromatic N) is 2. The van der Waals surface area contributed by atoms with Crippen LogP contribution in [-0.4, -0.2) is 25.4 Å². The van der Waals surface area contributed by atoms with Crippen LogP contribution in [0.5, 0.6) is 0 Å². The number of carbonyl (C=O) groups is 2. The monoisotopic (exact) mass is 382 g/mol. The minimum absolute atomic E-state index is 0.0719. The maximum Gasteiger partial charge on any atom is 0.310 e. The molecule has 0 amide bonds. The van der Waals surface area contributed by atoms with Gasteiger partial charge in [0.1, 0.15) is 22.5 Å². The number of hydrogen-bond donors (Lipinski definition) is 0. The molecule has 0 radical (unpaired) electrons. The number of carbonyl (C=O) groups excluding carboxylic acids is 2. The van der Waals surface area contributed by atoms with Crippen molar-refractivity contribution in [3.63, 3.8) is 0 Å². The van der Waals surface area contributed by atoms with E-state index in [2.05, 4.69) is 0 Å². The number of ketones is 1. The standard InChI is InChI=1S/C20H15FN2O3S/c1-23-16-8-4-5-9-18(16)27-20(23)14(11-22)17(24)12-26-19(25)10-13-6-2-3-7-15(13)21/h2-9H,10,12H2,1H3/b20-14-. The molecular formula is C20H15FN2O3S. The van der Waals surface area contributed by atoms with Crippen LogP contribution in [0, 0.1) is 17.1 Å². The summed E-state index contributed by atoms with van der Waals surface area (Å²) in [6.45, 7) is -0.565. The fourth-order valence-corrected chi connectivity index (χ4v) is 3.78. The average Bonchev–Trinajstić information content (AvgIpc) is 2.99. The highest BCUT2D eigenvalue weighted by Gasteiger charge is 2.28. The Morgan fingerprint density at radius 3 is 2.59 bits per heavy atom. The number of fused-ring (bicyclic) bond motifs is 1. The number of hydrogen-bond acceptors (Lipinski definition) is 6. The van der Waals surface area contributed by atoms with Gasteiger partial charge in [-0.2, -0.15) is 5.26 Å². The zero-order valence-electron chi connectivity index (χ0n) is 14.4. The van der Waals surface area contributed by atoms with Crippen LogP contribution in [0.15, 0.2) is 64.0 Å². The van der Waals surface area contributed by atoms with Crippen LogP contribution >= 0.6 is 11.8 Å². The van der Waals surface area contributed by atoms with Gasteiger partial charge in [-0.05, 0) is 23.8 Å². The van der Waals surface area contributed by atoms with Gasteiger partial charge in [0.2, 0.25) is 5.78 Å². The lowest BCUT2D eigenvalue weighted by molar-refractivity contribution is -0.146. The van der Waals surface area contributed by atoms with Gasteiger partial charge in [-0.25, -0.2) is 4.39 Å². The number of thioether (sulfide) groups is 1. The molecule has 3 rings (SSSR count). The van der Waals surface area contributed by atoms with Gasteiger partial charge in [0.05, 0.1) is 12.1 Å². The highest BCUT2D eigenvalue weighted by Crippen LogP contribution is 2.46. The molecule has 0 N–H and O–H groups in total. The summed E-state index contributed by atoms with van der Waals surface area (Å²) in [7, 11) is 1.77. The first-order valence-corrected chi connectivity index (χ1v) is 8.90. The summed E-state index contributed by atoms with van der Waals surface area (Å²) in [6, 6.07) is 15.3. The first-order valence-electron chi connectivity index (χ1n) is 8.08. The van der Waals surface area contributed by atoms with Gasteiger partial charge < -0.3 is 9.64 Å². The van der Waals surface area contributed by atoms with E-state index in [0.717, 1.165) is 10.6 Å². The van der Waals surface area contributed by atoms with E-state index < -0.39 is 24.2 Å². The fraction of sp³-hybridized carbons (Fsp3) is 0.150. The van der Waals surface area contributed by atoms with Crippen LogP contribution < -0.4 is 4.90 Å². The highest BCUT2D eigenvalue weighted by atomic mass is 32.2. The first kappa shape index (κ1) is 18.7. The third-order valence-corrected chi connectivity index (χ3v) is 5.24. The normalized spacial score (nSPS) is 14.3. The van der Waals surface area contributed by atoms with Crippen molar-refractivity contribution in [3.8, 4) is 6.07 Å². The molecule has 0 spiro atoms. The van der Waals surface area contributed by atoms with Crippen molar-refractivity contribution < 1.29 is 18.7 Å². The SMILES string of the molecule is CN1/C(=C(\C#N)C(=O)COC(=O)Cc2ccccc2F)Sc2ccccc21. The largest absolute Gasteiger partial charge is 0.457 e. The summed E-state index contributed by atoms with van der Waals surface area (Å²) in [5.74, 6) is -1.84. The van der Waals surface area contributed by atoms with E-state index in [-0.39, 0.29) is 17.6 Å². The van der Waals surface area contributed by atoms with Crippen LogP contribution in [0.2, 0.25) is 0 Å². The third kappa shape index (κ3) is 4.01. The fourth-order valence-electron chi connectivity index (χ4n) is 2.62. The number of esters is 1. The molecule has 2 aromatic carbocycles. The molecule has 0 atom stereocenters. The van der Waals surface area contributed by atoms with Crippen molar-refractivity contribution in [1.29, 1.82) is 5.26 Å². The van der Waals surface area contributed by atoms with E-state index in [1.54, 1.807) is 18.0 Å². The van der Waals surface area contributed by atoms with E-state index in [4.69, 9.17) is 4.74 Å². The molecule has 0 saturated heterocycles. The van der Waals surface area contributed by atoms with Crippen LogP contribution in [0.25, 0.3) is 0 Å². The maximum absolute atomic E-state index is 13.6. The van der Waals surface area contributed by atoms with Crippen molar-refractivity contribution in [3.05, 3.63) is 70.5 Å². The molecule has 136 valence electrons. The summed E-state index contributed by atoms with van der Waals surface area (Å²) in [6.07, 6.45) is -0.279. The Kier molecular flexibility index (Phi) is 5.57. The topological polar surface area (TPSA) is 70.4 Å². The van der Waals surface area contributed by atoms with Gasteiger partial charge in [-0.15, -0.1) is 0 Å². The van der Waals surface area contributed by atoms with Crippen LogP contribution in [0.4, 0.5) is 10.1 Å². The minimum atomic E-state index is -0.730. The lowest BCUT2D eigenvalue weighted by Gasteiger charge is -2.14. The Labute approximate surface area is 160 Å². The molecule has 0 unspecified atom stereocenters. The summed E-state index contributed by atoms with van der Waals surface area (Å²) in [5, 5.41) is 9.93. The molecule has 27 heavy (non-hydrogen) atoms. The molecule has 7 heteroatoms. The zero-order chi connectivity index (χ0) is 19.4. The van der Waals surface area contributed by atoms with Crippen LogP contribution in [0.3, 0.4) is 0 Å². The Balaban J connectivity index is 1.67. The Morgan fingerprint density at radius 1 is 1.19 bits per heavy atom. The van der Waals surface area contributed by atoms with Gasteiger partial charge >= 0.3 is 5.97 Å². The van der Waals surface area contributed by atoms with Gasteiger partial charge in [0.15, 0.2) is 6.61 Å². The Morgan fingerprint density at radius 2 is 1.89 bits per heavy atom. The van der Waals surface area contributed by atoms with Crippen molar-refractivity contribution in [2.45, 2.75) is 11.3 Å². The van der Waals surface area contributed by atoms with Crippen LogP contribution in [0.1, 0.15) is 5.56 Å². The molecule has 1 aliphatic rings. The second-order valence-electron chi connectivity index (χ2n) is 5.77. The van der Waals surface area contributed by atoms with E-state index in [0.29, 0.717) is 5.03 Å². The van der Waals surface area contributed by atoms with E-state index >= 15 is 0 Å². The molecule has 0 bridgehead atoms. The van der Waals surface area contributed by atoms with E-state index in [9.17, 15) is 19.2 Å². The lowest BCUT2D eigenvalue weighted by atomic mass is 10.1. The van der Waals surface area contributed by atoms with Crippen molar-refractivity contribution in [2.75, 3.05) is 18.6 Å². The number of para-hydroxylation sites is 1. The molecule has 1 heterocycles. The smallest absolute Gasteiger partial charge is 0.310 e. The number of Topliss-reactive ketones (excluding diaryl/α,β-unsaturated/α-hetero) is 1. The summed E-state index contributed by atoms with van der Waals surface area (Å²) >= 11 is 1.32.